The SMILES string of the molecule is CC[C@H](NS(=O)(=O)c1ccc2c(c1)sc(=O)n2Cc1ccccc1Cl)c1ccc(S(C)(=O)=O)cc1. The van der Waals surface area contributed by atoms with Crippen LogP contribution in [0.25, 0.3) is 10.2 Å². The normalized spacial score (nSPS) is 13.2. The number of nitrogens with one attached hydrogen (secondary N) is 1. The summed E-state index contributed by atoms with van der Waals surface area (Å²) in [7, 11) is -7.26. The van der Waals surface area contributed by atoms with Crippen LogP contribution in [0.1, 0.15) is 30.5 Å². The number of rotatable bonds is 8. The van der Waals surface area contributed by atoms with Crippen LogP contribution in [0.5, 0.6) is 0 Å². The fourth-order valence-electron chi connectivity index (χ4n) is 3.75. The molecule has 184 valence electrons. The standard InChI is InChI=1S/C24H23ClN2O5S3/c1-3-21(16-8-10-18(11-9-16)34(2,29)30)26-35(31,32)19-12-13-22-23(14-19)33-24(28)27(22)15-17-6-4-5-7-20(17)25/h4-14,21,26H,3,15H2,1-2H3/t21-/m0/s1. The van der Waals surface area contributed by atoms with Crippen molar-refractivity contribution in [2.45, 2.75) is 35.7 Å². The number of hydrogen-bond acceptors (Lipinski definition) is 6. The maximum Gasteiger partial charge on any atom is 0.308 e. The number of halogens is 1. The molecule has 0 saturated carbocycles. The van der Waals surface area contributed by atoms with Gasteiger partial charge in [-0.1, -0.05) is 60.2 Å². The van der Waals surface area contributed by atoms with Crippen LogP contribution in [0.2, 0.25) is 5.02 Å². The maximum atomic E-state index is 13.2. The second-order valence-electron chi connectivity index (χ2n) is 8.10. The van der Waals surface area contributed by atoms with Gasteiger partial charge in [0.2, 0.25) is 10.0 Å². The minimum Gasteiger partial charge on any atom is -0.294 e. The summed E-state index contributed by atoms with van der Waals surface area (Å²) < 4.78 is 54.6. The zero-order chi connectivity index (χ0) is 25.4. The molecule has 7 nitrogen and oxygen atoms in total. The van der Waals surface area contributed by atoms with E-state index >= 15 is 0 Å². The van der Waals surface area contributed by atoms with E-state index in [1.54, 1.807) is 28.8 Å². The van der Waals surface area contributed by atoms with E-state index in [2.05, 4.69) is 4.72 Å². The number of hydrogen-bond donors (Lipinski definition) is 1. The third-order valence-electron chi connectivity index (χ3n) is 5.65. The van der Waals surface area contributed by atoms with E-state index in [1.807, 2.05) is 25.1 Å². The number of nitrogens with zero attached hydrogens (tertiary/aromatic N) is 1. The molecule has 1 heterocycles. The Hall–Kier alpha value is -2.50. The smallest absolute Gasteiger partial charge is 0.294 e. The largest absolute Gasteiger partial charge is 0.308 e. The number of thiazole rings is 1. The van der Waals surface area contributed by atoms with Crippen LogP contribution in [-0.4, -0.2) is 27.7 Å². The van der Waals surface area contributed by atoms with E-state index in [0.717, 1.165) is 23.2 Å². The van der Waals surface area contributed by atoms with Crippen molar-refractivity contribution < 1.29 is 16.8 Å². The summed E-state index contributed by atoms with van der Waals surface area (Å²) in [5.41, 5.74) is 2.07. The van der Waals surface area contributed by atoms with Gasteiger partial charge >= 0.3 is 4.87 Å². The highest BCUT2D eigenvalue weighted by atomic mass is 35.5. The van der Waals surface area contributed by atoms with Crippen LogP contribution in [0, 0.1) is 0 Å². The molecule has 0 spiro atoms. The van der Waals surface area contributed by atoms with Crippen LogP contribution in [0.3, 0.4) is 0 Å². The monoisotopic (exact) mass is 550 g/mol. The molecule has 0 aliphatic carbocycles. The van der Waals surface area contributed by atoms with Crippen LogP contribution in [0.4, 0.5) is 0 Å². The molecular formula is C24H23ClN2O5S3. The van der Waals surface area contributed by atoms with Crippen molar-refractivity contribution >= 4 is 53.0 Å². The number of sulfonamides is 1. The van der Waals surface area contributed by atoms with Crippen molar-refractivity contribution in [3.8, 4) is 0 Å². The molecule has 0 fully saturated rings. The lowest BCUT2D eigenvalue weighted by molar-refractivity contribution is 0.550. The first kappa shape index (κ1) is 25.6. The highest BCUT2D eigenvalue weighted by Crippen LogP contribution is 2.26. The van der Waals surface area contributed by atoms with E-state index in [4.69, 9.17) is 11.6 Å². The molecule has 0 bridgehead atoms. The number of fused-ring (bicyclic) bond motifs is 1. The fraction of sp³-hybridized carbons (Fsp3) is 0.208. The highest BCUT2D eigenvalue weighted by molar-refractivity contribution is 7.90. The zero-order valence-electron chi connectivity index (χ0n) is 18.9. The molecule has 4 rings (SSSR count). The van der Waals surface area contributed by atoms with Gasteiger partial charge in [-0.3, -0.25) is 9.36 Å². The third kappa shape index (κ3) is 5.52. The van der Waals surface area contributed by atoms with Gasteiger partial charge in [0, 0.05) is 17.3 Å². The average molecular weight is 551 g/mol. The van der Waals surface area contributed by atoms with E-state index in [0.29, 0.717) is 27.2 Å². The quantitative estimate of drug-likeness (QED) is 0.345. The Bertz CT molecular complexity index is 1660. The molecule has 11 heteroatoms. The third-order valence-corrected chi connectivity index (χ3v) is 9.56. The lowest BCUT2D eigenvalue weighted by Gasteiger charge is -2.18. The summed E-state index contributed by atoms with van der Waals surface area (Å²) in [5.74, 6) is 0. The van der Waals surface area contributed by atoms with Crippen molar-refractivity contribution in [2.75, 3.05) is 6.26 Å². The molecule has 0 aliphatic rings. The van der Waals surface area contributed by atoms with Gasteiger partial charge in [0.15, 0.2) is 9.84 Å². The van der Waals surface area contributed by atoms with Crippen molar-refractivity contribution in [1.29, 1.82) is 0 Å². The van der Waals surface area contributed by atoms with Crippen LogP contribution < -0.4 is 9.60 Å². The number of benzene rings is 3. The van der Waals surface area contributed by atoms with Gasteiger partial charge in [-0.2, -0.15) is 0 Å². The van der Waals surface area contributed by atoms with Gasteiger partial charge in [0.05, 0.1) is 26.6 Å². The molecule has 3 aromatic carbocycles. The van der Waals surface area contributed by atoms with Gasteiger partial charge in [-0.25, -0.2) is 21.6 Å². The minimum absolute atomic E-state index is 0.0438. The van der Waals surface area contributed by atoms with Crippen molar-refractivity contribution in [2.24, 2.45) is 0 Å². The predicted octanol–water partition coefficient (Wildman–Crippen LogP) is 4.60. The summed E-state index contributed by atoms with van der Waals surface area (Å²) in [6.45, 7) is 2.12. The van der Waals surface area contributed by atoms with Crippen molar-refractivity contribution in [3.63, 3.8) is 0 Å². The lowest BCUT2D eigenvalue weighted by atomic mass is 10.1. The summed E-state index contributed by atoms with van der Waals surface area (Å²) in [6.07, 6.45) is 1.58. The Morgan fingerprint density at radius 2 is 1.63 bits per heavy atom. The van der Waals surface area contributed by atoms with Crippen LogP contribution in [0.15, 0.2) is 81.3 Å². The first-order chi connectivity index (χ1) is 16.5. The molecule has 1 N–H and O–H groups in total. The Morgan fingerprint density at radius 3 is 2.26 bits per heavy atom. The molecule has 0 amide bonds. The number of aromatic nitrogens is 1. The van der Waals surface area contributed by atoms with E-state index < -0.39 is 25.9 Å². The summed E-state index contributed by atoms with van der Waals surface area (Å²) in [5, 5.41) is 0.553. The van der Waals surface area contributed by atoms with Gasteiger partial charge in [-0.05, 0) is 53.9 Å². The summed E-state index contributed by atoms with van der Waals surface area (Å²) >= 11 is 7.22. The van der Waals surface area contributed by atoms with Crippen molar-refractivity contribution in [1.82, 2.24) is 9.29 Å². The van der Waals surface area contributed by atoms with Gasteiger partial charge in [-0.15, -0.1) is 0 Å². The second kappa shape index (κ2) is 9.87. The zero-order valence-corrected chi connectivity index (χ0v) is 22.1. The first-order valence-electron chi connectivity index (χ1n) is 10.7. The topological polar surface area (TPSA) is 102 Å². The maximum absolute atomic E-state index is 13.2. The van der Waals surface area contributed by atoms with Gasteiger partial charge < -0.3 is 0 Å². The Labute approximate surface area is 213 Å². The van der Waals surface area contributed by atoms with Gasteiger partial charge in [0.25, 0.3) is 0 Å². The predicted molar refractivity (Wildman–Crippen MR) is 140 cm³/mol. The van der Waals surface area contributed by atoms with E-state index in [-0.39, 0.29) is 21.2 Å². The highest BCUT2D eigenvalue weighted by Gasteiger charge is 2.22. The molecule has 0 aliphatic heterocycles. The molecule has 4 aromatic rings. The van der Waals surface area contributed by atoms with Crippen LogP contribution >= 0.6 is 22.9 Å². The van der Waals surface area contributed by atoms with Gasteiger partial charge in [0.1, 0.15) is 0 Å². The molecule has 0 saturated heterocycles. The lowest BCUT2D eigenvalue weighted by Crippen LogP contribution is -2.28. The molecule has 1 atom stereocenters. The fourth-order valence-corrected chi connectivity index (χ4v) is 6.91. The Kier molecular flexibility index (Phi) is 7.21. The Morgan fingerprint density at radius 1 is 0.971 bits per heavy atom. The van der Waals surface area contributed by atoms with Crippen molar-refractivity contribution in [3.05, 3.63) is 92.5 Å². The minimum atomic E-state index is -3.91. The summed E-state index contributed by atoms with van der Waals surface area (Å²) in [4.78, 5) is 12.7. The molecule has 1 aromatic heterocycles. The molecule has 35 heavy (non-hydrogen) atoms. The molecule has 0 unspecified atom stereocenters. The summed E-state index contributed by atoms with van der Waals surface area (Å²) in [6, 6.07) is 17.4. The number of sulfone groups is 1. The second-order valence-corrected chi connectivity index (χ2v) is 13.2. The van der Waals surface area contributed by atoms with E-state index in [9.17, 15) is 21.6 Å². The molecular weight excluding hydrogens is 528 g/mol. The first-order valence-corrected chi connectivity index (χ1v) is 15.3. The molecule has 0 radical (unpaired) electrons. The van der Waals surface area contributed by atoms with Crippen LogP contribution in [-0.2, 0) is 26.4 Å². The Balaban J connectivity index is 1.63. The van der Waals surface area contributed by atoms with E-state index in [1.165, 1.54) is 24.3 Å². The average Bonchev–Trinajstić information content (AvgIpc) is 3.12.